The second-order valence-corrected chi connectivity index (χ2v) is 13.1. The van der Waals surface area contributed by atoms with E-state index in [-0.39, 0.29) is 69.1 Å². The molecule has 1 aliphatic heterocycles. The molecule has 6 rings (SSSR count). The maximum atomic E-state index is 14.5. The number of carboxylic acids is 1. The molecule has 2 aliphatic rings. The average molecular weight is 854 g/mol. The Labute approximate surface area is 348 Å². The van der Waals surface area contributed by atoms with Crippen molar-refractivity contribution >= 4 is 41.0 Å². The first-order valence-corrected chi connectivity index (χ1v) is 18.8. The van der Waals surface area contributed by atoms with Crippen molar-refractivity contribution in [2.75, 3.05) is 46.6 Å². The highest BCUT2D eigenvalue weighted by Crippen LogP contribution is 2.40. The number of rotatable bonds is 17. The number of carboxylic acid groups (broad SMARTS) is 1. The highest BCUT2D eigenvalue weighted by molar-refractivity contribution is 6.34. The Morgan fingerprint density at radius 2 is 1.27 bits per heavy atom. The van der Waals surface area contributed by atoms with Gasteiger partial charge in [0, 0.05) is 17.2 Å². The number of carbonyl (C=O) groups excluding carboxylic acids is 3. The summed E-state index contributed by atoms with van der Waals surface area (Å²) in [6, 6.07) is 9.01. The monoisotopic (exact) mass is 853 g/mol. The van der Waals surface area contributed by atoms with E-state index in [1.165, 1.54) is 64.8 Å². The number of imide groups is 1. The Bertz CT molecular complexity index is 2130. The number of aromatic carboxylic acids is 1. The van der Waals surface area contributed by atoms with Crippen molar-refractivity contribution in [2.45, 2.75) is 51.9 Å². The molecule has 318 valence electrons. The van der Waals surface area contributed by atoms with Crippen LogP contribution in [0.3, 0.4) is 0 Å². The first-order chi connectivity index (χ1) is 28.9. The second kappa shape index (κ2) is 20.8. The molecule has 0 saturated carbocycles. The summed E-state index contributed by atoms with van der Waals surface area (Å²) in [6.45, 7) is 1.93. The lowest BCUT2D eigenvalue weighted by Gasteiger charge is -2.18. The van der Waals surface area contributed by atoms with Crippen molar-refractivity contribution in [3.63, 3.8) is 0 Å². The number of esters is 1. The van der Waals surface area contributed by atoms with E-state index in [2.05, 4.69) is 19.9 Å². The normalized spacial score (nSPS) is 13.2. The van der Waals surface area contributed by atoms with E-state index in [0.29, 0.717) is 30.6 Å². The predicted molar refractivity (Wildman–Crippen MR) is 209 cm³/mol. The van der Waals surface area contributed by atoms with Gasteiger partial charge >= 0.3 is 24.0 Å². The molecular weight excluding hydrogens is 813 g/mol. The number of unbranched alkanes of at least 4 members (excludes halogenated alkanes) is 2. The fraction of sp³-hybridized carbons (Fsp3) is 0.350. The van der Waals surface area contributed by atoms with Crippen LogP contribution < -0.4 is 38.1 Å². The Morgan fingerprint density at radius 1 is 0.767 bits per heavy atom. The average Bonchev–Trinajstić information content (AvgIpc) is 3.50. The SMILES string of the molecule is CCCCCOC(=O)COc1cc(N2C(=O)C3=C(CCCC3)C2=O)c(F)cc1Cl.COc1cc(OC)nc(Oc2cccc(Oc3nc(OC)cc(OC)n3)c2C(=O)O)n1. The number of ether oxygens (including phenoxy) is 8. The van der Waals surface area contributed by atoms with Crippen molar-refractivity contribution in [3.8, 4) is 52.8 Å². The summed E-state index contributed by atoms with van der Waals surface area (Å²) in [5, 5.41) is 9.70. The lowest BCUT2D eigenvalue weighted by molar-refractivity contribution is -0.146. The van der Waals surface area contributed by atoms with Gasteiger partial charge in [0.15, 0.2) is 6.61 Å². The Kier molecular flexibility index (Phi) is 15.4. The van der Waals surface area contributed by atoms with Gasteiger partial charge in [0.1, 0.15) is 28.6 Å². The van der Waals surface area contributed by atoms with Gasteiger partial charge < -0.3 is 43.0 Å². The maximum Gasteiger partial charge on any atom is 0.344 e. The number of carbonyl (C=O) groups is 4. The fourth-order valence-corrected chi connectivity index (χ4v) is 6.05. The number of nitrogens with zero attached hydrogens (tertiary/aromatic N) is 5. The third-order valence-corrected chi connectivity index (χ3v) is 9.04. The van der Waals surface area contributed by atoms with Crippen molar-refractivity contribution in [1.82, 2.24) is 19.9 Å². The summed E-state index contributed by atoms with van der Waals surface area (Å²) in [7, 11) is 5.63. The van der Waals surface area contributed by atoms with Crippen molar-refractivity contribution < 1.29 is 66.6 Å². The largest absolute Gasteiger partial charge is 0.481 e. The molecule has 1 N–H and O–H groups in total. The van der Waals surface area contributed by atoms with Gasteiger partial charge in [-0.1, -0.05) is 37.4 Å². The molecule has 0 spiro atoms. The highest BCUT2D eigenvalue weighted by Gasteiger charge is 2.41. The van der Waals surface area contributed by atoms with Crippen molar-refractivity contribution in [3.05, 3.63) is 70.0 Å². The predicted octanol–water partition coefficient (Wildman–Crippen LogP) is 6.92. The van der Waals surface area contributed by atoms with Crippen molar-refractivity contribution in [2.24, 2.45) is 0 Å². The fourth-order valence-electron chi connectivity index (χ4n) is 5.84. The minimum absolute atomic E-state index is 0.000883. The van der Waals surface area contributed by atoms with Gasteiger partial charge in [-0.2, -0.15) is 19.9 Å². The molecule has 60 heavy (non-hydrogen) atoms. The topological polar surface area (TPSA) is 217 Å². The van der Waals surface area contributed by atoms with E-state index in [4.69, 9.17) is 49.5 Å². The third kappa shape index (κ3) is 10.8. The maximum absolute atomic E-state index is 14.5. The van der Waals surface area contributed by atoms with Gasteiger partial charge in [0.05, 0.1) is 57.9 Å². The third-order valence-electron chi connectivity index (χ3n) is 8.75. The molecule has 3 heterocycles. The summed E-state index contributed by atoms with van der Waals surface area (Å²) in [4.78, 5) is 66.0. The summed E-state index contributed by atoms with van der Waals surface area (Å²) in [5.74, 6) is -3.23. The Balaban J connectivity index is 0.000000228. The number of amides is 2. The molecule has 18 nitrogen and oxygen atoms in total. The molecule has 0 fully saturated rings. The molecule has 0 bridgehead atoms. The zero-order valence-electron chi connectivity index (χ0n) is 33.2. The summed E-state index contributed by atoms with van der Waals surface area (Å²) < 4.78 is 56.4. The number of aromatic nitrogens is 4. The first-order valence-electron chi connectivity index (χ1n) is 18.5. The number of hydrogen-bond donors (Lipinski definition) is 1. The van der Waals surface area contributed by atoms with Crippen molar-refractivity contribution in [1.29, 1.82) is 0 Å². The van der Waals surface area contributed by atoms with Crippen LogP contribution in [0.2, 0.25) is 5.02 Å². The minimum atomic E-state index is -1.32. The number of halogens is 2. The lowest BCUT2D eigenvalue weighted by atomic mass is 9.93. The van der Waals surface area contributed by atoms with Crippen LogP contribution in [0.5, 0.6) is 52.8 Å². The lowest BCUT2D eigenvalue weighted by Crippen LogP contribution is -2.32. The number of hydrogen-bond acceptors (Lipinski definition) is 16. The van der Waals surface area contributed by atoms with Gasteiger partial charge in [-0.25, -0.2) is 18.9 Å². The Morgan fingerprint density at radius 3 is 1.72 bits per heavy atom. The summed E-state index contributed by atoms with van der Waals surface area (Å²) >= 11 is 6.02. The van der Waals surface area contributed by atoms with Gasteiger partial charge in [-0.15, -0.1) is 0 Å². The molecule has 0 saturated heterocycles. The van der Waals surface area contributed by atoms with E-state index in [9.17, 15) is 28.7 Å². The van der Waals surface area contributed by atoms with Crippen LogP contribution >= 0.6 is 11.6 Å². The molecule has 1 aliphatic carbocycles. The van der Waals surface area contributed by atoms with Crippen LogP contribution in [0.25, 0.3) is 0 Å². The smallest absolute Gasteiger partial charge is 0.344 e. The molecular formula is C40H41ClFN5O13. The molecule has 0 radical (unpaired) electrons. The van der Waals surface area contributed by atoms with E-state index >= 15 is 0 Å². The first kappa shape index (κ1) is 44.3. The molecule has 2 amide bonds. The zero-order chi connectivity index (χ0) is 43.3. The van der Waals surface area contributed by atoms with Gasteiger partial charge in [0.25, 0.3) is 11.8 Å². The van der Waals surface area contributed by atoms with Crippen LogP contribution in [-0.4, -0.2) is 90.4 Å². The van der Waals surface area contributed by atoms with E-state index in [0.717, 1.165) is 43.1 Å². The number of benzene rings is 2. The number of methoxy groups -OCH3 is 4. The van der Waals surface area contributed by atoms with E-state index in [1.54, 1.807) is 0 Å². The highest BCUT2D eigenvalue weighted by atomic mass is 35.5. The second-order valence-electron chi connectivity index (χ2n) is 12.7. The standard InChI is InChI=1S/C21H23ClFNO5.C19H18N4O8/c1-2-3-6-9-28-19(25)12-29-18-11-17(16(23)10-15(18)22)24-20(26)13-7-4-5-8-14(13)21(24)27;1-26-12-8-13(27-2)21-18(20-12)30-10-6-5-7-11(16(10)17(24)25)31-19-22-14(28-3)9-15(23-19)29-4/h10-11H,2-9,12H2,1H3;5-9H,1-4H3,(H,24,25). The Hall–Kier alpha value is -6.76. The summed E-state index contributed by atoms with van der Waals surface area (Å²) in [5.41, 5.74) is 0.367. The van der Waals surface area contributed by atoms with E-state index < -0.39 is 36.2 Å². The molecule has 4 aromatic rings. The molecule has 2 aromatic carbocycles. The van der Waals surface area contributed by atoms with Gasteiger partial charge in [0.2, 0.25) is 23.5 Å². The van der Waals surface area contributed by atoms with Crippen LogP contribution in [-0.2, 0) is 19.1 Å². The van der Waals surface area contributed by atoms with Crippen LogP contribution in [0.15, 0.2) is 53.6 Å². The number of anilines is 1. The minimum Gasteiger partial charge on any atom is -0.481 e. The molecule has 2 aromatic heterocycles. The van der Waals surface area contributed by atoms with E-state index in [1.807, 2.05) is 6.92 Å². The molecule has 20 heteroatoms. The van der Waals surface area contributed by atoms with Gasteiger partial charge in [-0.05, 0) is 50.3 Å². The quantitative estimate of drug-likeness (QED) is 0.0647. The van der Waals surface area contributed by atoms with Crippen LogP contribution in [0.1, 0.15) is 62.2 Å². The molecule has 0 atom stereocenters. The van der Waals surface area contributed by atoms with Gasteiger partial charge in [-0.3, -0.25) is 9.59 Å². The zero-order valence-corrected chi connectivity index (χ0v) is 34.0. The van der Waals surface area contributed by atoms with Crippen LogP contribution in [0.4, 0.5) is 10.1 Å². The summed E-state index contributed by atoms with van der Waals surface area (Å²) in [6.07, 6.45) is 5.40. The van der Waals surface area contributed by atoms with Crippen LogP contribution in [0, 0.1) is 5.82 Å². The molecule has 0 unspecified atom stereocenters.